The molecule has 0 saturated carbocycles. The zero-order chi connectivity index (χ0) is 15.7. The van der Waals surface area contributed by atoms with E-state index in [1.807, 2.05) is 30.3 Å². The molecule has 1 amide bonds. The molecule has 0 radical (unpaired) electrons. The number of carbonyl (C=O) groups is 1. The maximum atomic E-state index is 12.6. The smallest absolute Gasteiger partial charge is 0.256 e. The van der Waals surface area contributed by atoms with Gasteiger partial charge in [0.25, 0.3) is 5.91 Å². The van der Waals surface area contributed by atoms with Crippen LogP contribution in [0.1, 0.15) is 5.56 Å². The molecule has 1 unspecified atom stereocenters. The summed E-state index contributed by atoms with van der Waals surface area (Å²) in [5, 5.41) is 4.35. The van der Waals surface area contributed by atoms with Gasteiger partial charge in [0.05, 0.1) is 5.69 Å². The summed E-state index contributed by atoms with van der Waals surface area (Å²) in [6.45, 7) is 0. The summed E-state index contributed by atoms with van der Waals surface area (Å²) in [6, 6.07) is 14.4. The number of carbonyl (C=O) groups excluding carboxylic acids is 1. The number of hydrogen-bond donors (Lipinski definition) is 1. The van der Waals surface area contributed by atoms with Crippen LogP contribution in [0, 0.1) is 0 Å². The first-order chi connectivity index (χ1) is 10.5. The number of rotatable bonds is 3. The molecule has 22 heavy (non-hydrogen) atoms. The average Bonchev–Trinajstić information content (AvgIpc) is 2.73. The van der Waals surface area contributed by atoms with Crippen LogP contribution in [0.4, 0.5) is 5.69 Å². The maximum Gasteiger partial charge on any atom is 0.256 e. The fourth-order valence-electron chi connectivity index (χ4n) is 2.43. The molecule has 1 aliphatic rings. The molecule has 1 aliphatic heterocycles. The predicted octanol–water partition coefficient (Wildman–Crippen LogP) is 3.83. The second-order valence-electron chi connectivity index (χ2n) is 4.99. The summed E-state index contributed by atoms with van der Waals surface area (Å²) < 4.78 is 0. The zero-order valence-corrected chi connectivity index (χ0v) is 13.8. The molecular formula is C16H12Cl2N2OS. The topological polar surface area (TPSA) is 32.3 Å². The summed E-state index contributed by atoms with van der Waals surface area (Å²) in [5.41, 5.74) is 1.65. The number of thiocarbonyl (C=S) groups is 1. The van der Waals surface area contributed by atoms with Gasteiger partial charge in [0, 0.05) is 16.5 Å². The molecular weight excluding hydrogens is 339 g/mol. The van der Waals surface area contributed by atoms with E-state index in [4.69, 9.17) is 35.4 Å². The molecule has 2 aromatic carbocycles. The Hall–Kier alpha value is -1.62. The van der Waals surface area contributed by atoms with Crippen molar-refractivity contribution < 1.29 is 4.79 Å². The Morgan fingerprint density at radius 3 is 2.36 bits per heavy atom. The van der Waals surface area contributed by atoms with E-state index in [0.29, 0.717) is 27.3 Å². The lowest BCUT2D eigenvalue weighted by Gasteiger charge is -2.15. The number of halogens is 2. The van der Waals surface area contributed by atoms with Gasteiger partial charge < -0.3 is 5.32 Å². The van der Waals surface area contributed by atoms with E-state index in [0.717, 1.165) is 5.56 Å². The minimum atomic E-state index is -0.382. The molecule has 2 aromatic rings. The Morgan fingerprint density at radius 1 is 1.09 bits per heavy atom. The van der Waals surface area contributed by atoms with Crippen LogP contribution in [0.25, 0.3) is 0 Å². The molecule has 0 aliphatic carbocycles. The molecule has 1 saturated heterocycles. The molecule has 0 spiro atoms. The van der Waals surface area contributed by atoms with Crippen molar-refractivity contribution in [1.29, 1.82) is 0 Å². The van der Waals surface area contributed by atoms with Crippen LogP contribution < -0.4 is 10.2 Å². The summed E-state index contributed by atoms with van der Waals surface area (Å²) in [7, 11) is 0. The van der Waals surface area contributed by atoms with Crippen molar-refractivity contribution in [2.75, 3.05) is 4.90 Å². The highest BCUT2D eigenvalue weighted by Gasteiger charge is 2.36. The third-order valence-electron chi connectivity index (χ3n) is 3.41. The van der Waals surface area contributed by atoms with Crippen LogP contribution in [0.15, 0.2) is 48.5 Å². The van der Waals surface area contributed by atoms with E-state index in [2.05, 4.69) is 5.32 Å². The number of nitrogens with one attached hydrogen (secondary N) is 1. The highest BCUT2D eigenvalue weighted by molar-refractivity contribution is 7.80. The van der Waals surface area contributed by atoms with Gasteiger partial charge in [-0.25, -0.2) is 0 Å². The van der Waals surface area contributed by atoms with Crippen molar-refractivity contribution >= 4 is 52.1 Å². The van der Waals surface area contributed by atoms with Crippen LogP contribution >= 0.6 is 35.4 Å². The molecule has 6 heteroatoms. The SMILES string of the molecule is O=C1C(Cc2ccccc2)NC(=S)N1c1cc(Cl)cc(Cl)c1. The summed E-state index contributed by atoms with van der Waals surface area (Å²) in [4.78, 5) is 14.1. The van der Waals surface area contributed by atoms with Crippen molar-refractivity contribution in [2.24, 2.45) is 0 Å². The van der Waals surface area contributed by atoms with E-state index in [1.165, 1.54) is 4.90 Å². The van der Waals surface area contributed by atoms with Gasteiger partial charge in [0.2, 0.25) is 0 Å². The second kappa shape index (κ2) is 6.24. The third kappa shape index (κ3) is 3.09. The molecule has 1 heterocycles. The highest BCUT2D eigenvalue weighted by atomic mass is 35.5. The maximum absolute atomic E-state index is 12.6. The number of anilines is 1. The van der Waals surface area contributed by atoms with Gasteiger partial charge in [-0.05, 0) is 36.0 Å². The molecule has 1 N–H and O–H groups in total. The van der Waals surface area contributed by atoms with Crippen LogP contribution in [0.3, 0.4) is 0 Å². The molecule has 112 valence electrons. The van der Waals surface area contributed by atoms with Gasteiger partial charge in [0.1, 0.15) is 6.04 Å². The lowest BCUT2D eigenvalue weighted by molar-refractivity contribution is -0.118. The number of nitrogens with zero attached hydrogens (tertiary/aromatic N) is 1. The number of hydrogen-bond acceptors (Lipinski definition) is 2. The number of amides is 1. The Balaban J connectivity index is 1.85. The Kier molecular flexibility index (Phi) is 4.34. The van der Waals surface area contributed by atoms with Crippen LogP contribution in [0.5, 0.6) is 0 Å². The molecule has 0 aromatic heterocycles. The van der Waals surface area contributed by atoms with Gasteiger partial charge in [-0.3, -0.25) is 9.69 Å². The first-order valence-corrected chi connectivity index (χ1v) is 7.85. The first-order valence-electron chi connectivity index (χ1n) is 6.69. The monoisotopic (exact) mass is 350 g/mol. The van der Waals surface area contributed by atoms with Gasteiger partial charge in [-0.2, -0.15) is 0 Å². The summed E-state index contributed by atoms with van der Waals surface area (Å²) in [6.07, 6.45) is 0.574. The van der Waals surface area contributed by atoms with Gasteiger partial charge in [0.15, 0.2) is 5.11 Å². The number of benzene rings is 2. The average molecular weight is 351 g/mol. The van der Waals surface area contributed by atoms with Crippen LogP contribution in [-0.2, 0) is 11.2 Å². The second-order valence-corrected chi connectivity index (χ2v) is 6.25. The molecule has 1 atom stereocenters. The standard InChI is InChI=1S/C16H12Cl2N2OS/c17-11-7-12(18)9-13(8-11)20-15(21)14(19-16(20)22)6-10-4-2-1-3-5-10/h1-5,7-9,14H,6H2,(H,19,22). The van der Waals surface area contributed by atoms with Crippen LogP contribution in [-0.4, -0.2) is 17.1 Å². The van der Waals surface area contributed by atoms with E-state index in [1.54, 1.807) is 18.2 Å². The van der Waals surface area contributed by atoms with E-state index in [9.17, 15) is 4.79 Å². The lowest BCUT2D eigenvalue weighted by Crippen LogP contribution is -2.32. The van der Waals surface area contributed by atoms with Crippen molar-refractivity contribution in [3.8, 4) is 0 Å². The fraction of sp³-hybridized carbons (Fsp3) is 0.125. The van der Waals surface area contributed by atoms with E-state index in [-0.39, 0.29) is 11.9 Å². The zero-order valence-electron chi connectivity index (χ0n) is 11.4. The highest BCUT2D eigenvalue weighted by Crippen LogP contribution is 2.28. The van der Waals surface area contributed by atoms with Gasteiger partial charge in [-0.1, -0.05) is 53.5 Å². The predicted molar refractivity (Wildman–Crippen MR) is 93.6 cm³/mol. The minimum Gasteiger partial charge on any atom is -0.350 e. The Labute approximate surface area is 143 Å². The Morgan fingerprint density at radius 2 is 1.73 bits per heavy atom. The van der Waals surface area contributed by atoms with Crippen molar-refractivity contribution in [2.45, 2.75) is 12.5 Å². The summed E-state index contributed by atoms with van der Waals surface area (Å²) in [5.74, 6) is -0.104. The van der Waals surface area contributed by atoms with Crippen molar-refractivity contribution in [3.05, 3.63) is 64.1 Å². The lowest BCUT2D eigenvalue weighted by atomic mass is 10.1. The minimum absolute atomic E-state index is 0.104. The van der Waals surface area contributed by atoms with Crippen molar-refractivity contribution in [3.63, 3.8) is 0 Å². The van der Waals surface area contributed by atoms with Gasteiger partial charge in [-0.15, -0.1) is 0 Å². The normalized spacial score (nSPS) is 17.7. The largest absolute Gasteiger partial charge is 0.350 e. The van der Waals surface area contributed by atoms with Crippen molar-refractivity contribution in [1.82, 2.24) is 5.32 Å². The van der Waals surface area contributed by atoms with Crippen LogP contribution in [0.2, 0.25) is 10.0 Å². The molecule has 3 rings (SSSR count). The first kappa shape index (κ1) is 15.3. The third-order valence-corrected chi connectivity index (χ3v) is 4.14. The van der Waals surface area contributed by atoms with Gasteiger partial charge >= 0.3 is 0 Å². The summed E-state index contributed by atoms with van der Waals surface area (Å²) >= 11 is 17.3. The quantitative estimate of drug-likeness (QED) is 0.854. The molecule has 1 fully saturated rings. The fourth-order valence-corrected chi connectivity index (χ4v) is 3.28. The van der Waals surface area contributed by atoms with E-state index < -0.39 is 0 Å². The van der Waals surface area contributed by atoms with E-state index >= 15 is 0 Å². The molecule has 0 bridgehead atoms. The Bertz CT molecular complexity index is 716. The molecule has 3 nitrogen and oxygen atoms in total.